The van der Waals surface area contributed by atoms with Gasteiger partial charge in [0.05, 0.1) is 13.2 Å². The summed E-state index contributed by atoms with van der Waals surface area (Å²) in [5.74, 6) is 1.47. The van der Waals surface area contributed by atoms with Crippen molar-refractivity contribution in [2.75, 3.05) is 26.3 Å². The normalized spacial score (nSPS) is 14.8. The predicted octanol–water partition coefficient (Wildman–Crippen LogP) is 1.13. The van der Waals surface area contributed by atoms with Crippen LogP contribution in [-0.4, -0.2) is 55.5 Å². The highest BCUT2D eigenvalue weighted by atomic mass is 16.5. The fraction of sp³-hybridized carbons (Fsp3) is 0.318. The van der Waals surface area contributed by atoms with E-state index >= 15 is 0 Å². The summed E-state index contributed by atoms with van der Waals surface area (Å²) in [4.78, 5) is 34.9. The van der Waals surface area contributed by atoms with Gasteiger partial charge in [-0.25, -0.2) is 14.5 Å². The van der Waals surface area contributed by atoms with E-state index in [1.165, 1.54) is 17.3 Å². The molecular formula is C22H22N6O4. The second-order valence-corrected chi connectivity index (χ2v) is 7.74. The van der Waals surface area contributed by atoms with E-state index < -0.39 is 11.2 Å². The number of benzene rings is 1. The maximum Gasteiger partial charge on any atom is 0.352 e. The zero-order valence-corrected chi connectivity index (χ0v) is 17.8. The zero-order valence-electron chi connectivity index (χ0n) is 17.8. The number of nitrogens with zero attached hydrogens (tertiary/aromatic N) is 6. The van der Waals surface area contributed by atoms with E-state index in [1.54, 1.807) is 13.1 Å². The molecule has 10 heteroatoms. The molecule has 0 radical (unpaired) electrons. The number of morpholine rings is 1. The SMILES string of the molecule is Cn1nc(-c2ccc(-c3cccc(CN4CCOCC4)c3)o2)nc2c(=O)n(C)c(=O)nc1-2. The van der Waals surface area contributed by atoms with Gasteiger partial charge in [0.1, 0.15) is 5.76 Å². The third-order valence-corrected chi connectivity index (χ3v) is 5.52. The molecule has 1 aromatic heterocycles. The highest BCUT2D eigenvalue weighted by molar-refractivity contribution is 5.63. The Morgan fingerprint density at radius 3 is 2.59 bits per heavy atom. The molecular weight excluding hydrogens is 412 g/mol. The van der Waals surface area contributed by atoms with Crippen LogP contribution in [0.25, 0.3) is 34.4 Å². The Morgan fingerprint density at radius 1 is 1.00 bits per heavy atom. The van der Waals surface area contributed by atoms with E-state index in [0.29, 0.717) is 11.5 Å². The Hall–Kier alpha value is -3.63. The van der Waals surface area contributed by atoms with Crippen LogP contribution in [0.5, 0.6) is 0 Å². The standard InChI is InChI=1S/C22H22N6O4/c1-26-21(29)18-20(24-22(26)30)27(2)25-19(23-18)17-7-6-16(32-17)15-5-3-4-14(12-15)13-28-8-10-31-11-9-28/h3-7,12H,8-11,13H2,1-2H3. The summed E-state index contributed by atoms with van der Waals surface area (Å²) in [6.07, 6.45) is 0. The molecule has 0 saturated carbocycles. The fourth-order valence-electron chi connectivity index (χ4n) is 3.76. The summed E-state index contributed by atoms with van der Waals surface area (Å²) >= 11 is 0. The third kappa shape index (κ3) is 3.74. The Kier molecular flexibility index (Phi) is 5.16. The van der Waals surface area contributed by atoms with E-state index in [4.69, 9.17) is 9.15 Å². The van der Waals surface area contributed by atoms with E-state index in [0.717, 1.165) is 43.0 Å². The van der Waals surface area contributed by atoms with Crippen molar-refractivity contribution in [1.29, 1.82) is 0 Å². The Morgan fingerprint density at radius 2 is 1.78 bits per heavy atom. The molecule has 0 bridgehead atoms. The van der Waals surface area contributed by atoms with Crippen LogP contribution in [0.15, 0.2) is 50.4 Å². The molecule has 5 rings (SSSR count). The number of aromatic nitrogens is 5. The van der Waals surface area contributed by atoms with E-state index in [-0.39, 0.29) is 17.3 Å². The number of furan rings is 1. The van der Waals surface area contributed by atoms with Gasteiger partial charge in [0.25, 0.3) is 5.56 Å². The van der Waals surface area contributed by atoms with Gasteiger partial charge in [0.15, 0.2) is 17.3 Å². The minimum atomic E-state index is -0.647. The summed E-state index contributed by atoms with van der Waals surface area (Å²) < 4.78 is 13.7. The van der Waals surface area contributed by atoms with Gasteiger partial charge in [0, 0.05) is 39.3 Å². The molecule has 0 unspecified atom stereocenters. The van der Waals surface area contributed by atoms with E-state index in [9.17, 15) is 9.59 Å². The lowest BCUT2D eigenvalue weighted by atomic mass is 10.1. The van der Waals surface area contributed by atoms with Crippen molar-refractivity contribution in [3.05, 3.63) is 62.8 Å². The molecule has 1 fully saturated rings. The predicted molar refractivity (Wildman–Crippen MR) is 116 cm³/mol. The Labute approximate surface area is 183 Å². The fourth-order valence-corrected chi connectivity index (χ4v) is 3.76. The summed E-state index contributed by atoms with van der Waals surface area (Å²) in [6.45, 7) is 4.23. The molecule has 0 amide bonds. The van der Waals surface area contributed by atoms with Crippen molar-refractivity contribution in [3.8, 4) is 34.4 Å². The Bertz CT molecular complexity index is 1370. The molecule has 10 nitrogen and oxygen atoms in total. The monoisotopic (exact) mass is 434 g/mol. The lowest BCUT2D eigenvalue weighted by Crippen LogP contribution is -2.36. The average molecular weight is 434 g/mol. The molecule has 1 saturated heterocycles. The van der Waals surface area contributed by atoms with Crippen molar-refractivity contribution in [2.24, 2.45) is 14.1 Å². The van der Waals surface area contributed by atoms with Gasteiger partial charge in [-0.3, -0.25) is 14.3 Å². The lowest BCUT2D eigenvalue weighted by Gasteiger charge is -2.26. The van der Waals surface area contributed by atoms with Crippen LogP contribution in [0.2, 0.25) is 0 Å². The highest BCUT2D eigenvalue weighted by Crippen LogP contribution is 2.28. The molecule has 2 aromatic rings. The molecule has 3 aliphatic rings. The Balaban J connectivity index is 1.47. The van der Waals surface area contributed by atoms with Crippen LogP contribution in [-0.2, 0) is 25.4 Å². The smallest absolute Gasteiger partial charge is 0.352 e. The van der Waals surface area contributed by atoms with Crippen molar-refractivity contribution in [2.45, 2.75) is 6.54 Å². The lowest BCUT2D eigenvalue weighted by molar-refractivity contribution is 0.0342. The number of aryl methyl sites for hydroxylation is 1. The summed E-state index contributed by atoms with van der Waals surface area (Å²) in [6, 6.07) is 11.8. The molecule has 0 N–H and O–H groups in total. The number of fused-ring (bicyclic) bond motifs is 1. The first-order chi connectivity index (χ1) is 15.5. The molecule has 4 heterocycles. The van der Waals surface area contributed by atoms with Gasteiger partial charge in [0.2, 0.25) is 5.82 Å². The number of ether oxygens (including phenoxy) is 1. The summed E-state index contributed by atoms with van der Waals surface area (Å²) in [5, 5.41) is 4.33. The van der Waals surface area contributed by atoms with E-state index in [1.807, 2.05) is 18.2 Å². The van der Waals surface area contributed by atoms with E-state index in [2.05, 4.69) is 32.1 Å². The second-order valence-electron chi connectivity index (χ2n) is 7.74. The second kappa shape index (κ2) is 8.13. The van der Waals surface area contributed by atoms with Crippen LogP contribution in [0.4, 0.5) is 0 Å². The molecule has 164 valence electrons. The minimum absolute atomic E-state index is 0.0602. The summed E-state index contributed by atoms with van der Waals surface area (Å²) in [5.41, 5.74) is 1.03. The van der Waals surface area contributed by atoms with Crippen molar-refractivity contribution in [1.82, 2.24) is 29.2 Å². The van der Waals surface area contributed by atoms with Crippen LogP contribution in [0.1, 0.15) is 5.56 Å². The van der Waals surface area contributed by atoms with Gasteiger partial charge < -0.3 is 9.15 Å². The minimum Gasteiger partial charge on any atom is -0.453 e. The van der Waals surface area contributed by atoms with Crippen LogP contribution >= 0.6 is 0 Å². The van der Waals surface area contributed by atoms with Gasteiger partial charge in [-0.2, -0.15) is 4.98 Å². The van der Waals surface area contributed by atoms with Crippen molar-refractivity contribution in [3.63, 3.8) is 0 Å². The maximum atomic E-state index is 12.5. The van der Waals surface area contributed by atoms with Crippen LogP contribution < -0.4 is 11.2 Å². The van der Waals surface area contributed by atoms with Gasteiger partial charge >= 0.3 is 5.69 Å². The number of hydrogen-bond donors (Lipinski definition) is 0. The van der Waals surface area contributed by atoms with Gasteiger partial charge in [-0.15, -0.1) is 5.10 Å². The number of hydrogen-bond acceptors (Lipinski definition) is 8. The topological polar surface area (TPSA) is 108 Å². The quantitative estimate of drug-likeness (QED) is 0.470. The number of rotatable bonds is 4. The molecule has 0 atom stereocenters. The molecule has 0 spiro atoms. The zero-order chi connectivity index (χ0) is 22.2. The highest BCUT2D eigenvalue weighted by Gasteiger charge is 2.21. The molecule has 0 aliphatic carbocycles. The van der Waals surface area contributed by atoms with Crippen LogP contribution in [0.3, 0.4) is 0 Å². The first-order valence-corrected chi connectivity index (χ1v) is 10.3. The molecule has 32 heavy (non-hydrogen) atoms. The van der Waals surface area contributed by atoms with Crippen molar-refractivity contribution < 1.29 is 9.15 Å². The largest absolute Gasteiger partial charge is 0.453 e. The maximum absolute atomic E-state index is 12.5. The first-order valence-electron chi connectivity index (χ1n) is 10.3. The first kappa shape index (κ1) is 20.3. The third-order valence-electron chi connectivity index (χ3n) is 5.52. The molecule has 1 aromatic carbocycles. The average Bonchev–Trinajstić information content (AvgIpc) is 3.30. The van der Waals surface area contributed by atoms with Crippen molar-refractivity contribution >= 4 is 0 Å². The molecule has 3 aliphatic heterocycles. The van der Waals surface area contributed by atoms with Crippen LogP contribution in [0, 0.1) is 0 Å². The van der Waals surface area contributed by atoms with Gasteiger partial charge in [-0.05, 0) is 23.8 Å². The summed E-state index contributed by atoms with van der Waals surface area (Å²) in [7, 11) is 2.98. The van der Waals surface area contributed by atoms with Gasteiger partial charge in [-0.1, -0.05) is 18.2 Å².